The Morgan fingerprint density at radius 1 is 0.938 bits per heavy atom. The third-order valence-corrected chi connectivity index (χ3v) is 9.41. The van der Waals surface area contributed by atoms with Crippen LogP contribution in [0.5, 0.6) is 0 Å². The highest BCUT2D eigenvalue weighted by Gasteiger charge is 2.52. The summed E-state index contributed by atoms with van der Waals surface area (Å²) in [6, 6.07) is 30.0. The van der Waals surface area contributed by atoms with Gasteiger partial charge in [-0.1, -0.05) is 91.3 Å². The van der Waals surface area contributed by atoms with E-state index in [0.29, 0.717) is 35.7 Å². The monoisotopic (exact) mass is 663 g/mol. The lowest BCUT2D eigenvalue weighted by Crippen LogP contribution is -2.44. The number of aliphatic hydroxyl groups excluding tert-OH is 1. The molecule has 6 rings (SSSR count). The molecule has 0 fully saturated rings. The molecule has 9 heteroatoms. The molecule has 2 aliphatic heterocycles. The molecule has 0 aromatic heterocycles. The fraction of sp³-hybridized carbons (Fsp3) is 0.256. The second-order valence-corrected chi connectivity index (χ2v) is 12.7. The number of hydrogen-bond acceptors (Lipinski definition) is 5. The second-order valence-electron chi connectivity index (χ2n) is 12.3. The van der Waals surface area contributed by atoms with Gasteiger partial charge in [0.05, 0.1) is 24.5 Å². The Balaban J connectivity index is 1.19. The summed E-state index contributed by atoms with van der Waals surface area (Å²) < 4.78 is 0. The molecule has 0 saturated carbocycles. The normalized spacial score (nSPS) is 17.8. The molecule has 8 nitrogen and oxygen atoms in total. The SMILES string of the molecule is C[C@@H](/C=C/CC(=O)N(CCO)Cc1ccccc1)[C@]1(O)C(=O)N(Cc2ccc(N3C(=O)CCc4ccccc43)cc2)c2ccc(Cl)cc21. The van der Waals surface area contributed by atoms with Crippen molar-refractivity contribution in [3.63, 3.8) is 0 Å². The first-order valence-electron chi connectivity index (χ1n) is 16.1. The maximum Gasteiger partial charge on any atom is 0.264 e. The van der Waals surface area contributed by atoms with Crippen molar-refractivity contribution in [1.82, 2.24) is 4.90 Å². The molecular formula is C39H38ClN3O5. The van der Waals surface area contributed by atoms with E-state index in [9.17, 15) is 24.6 Å². The zero-order valence-electron chi connectivity index (χ0n) is 26.8. The molecule has 4 aromatic rings. The third-order valence-electron chi connectivity index (χ3n) is 9.17. The Morgan fingerprint density at radius 2 is 1.67 bits per heavy atom. The van der Waals surface area contributed by atoms with Crippen molar-refractivity contribution in [2.75, 3.05) is 23.0 Å². The maximum absolute atomic E-state index is 14.1. The van der Waals surface area contributed by atoms with Gasteiger partial charge in [0.25, 0.3) is 5.91 Å². The number of benzene rings is 4. The molecule has 2 aliphatic rings. The summed E-state index contributed by atoms with van der Waals surface area (Å²) in [6.07, 6.45) is 4.55. The number of fused-ring (bicyclic) bond motifs is 2. The average Bonchev–Trinajstić information content (AvgIpc) is 3.30. The van der Waals surface area contributed by atoms with E-state index in [1.165, 1.54) is 0 Å². The van der Waals surface area contributed by atoms with Crippen LogP contribution in [0.4, 0.5) is 17.1 Å². The number of rotatable bonds is 11. The van der Waals surface area contributed by atoms with Crippen molar-refractivity contribution in [2.45, 2.75) is 44.9 Å². The lowest BCUT2D eigenvalue weighted by Gasteiger charge is -2.30. The molecule has 48 heavy (non-hydrogen) atoms. The number of aliphatic hydroxyl groups is 2. The predicted octanol–water partition coefficient (Wildman–Crippen LogP) is 6.29. The van der Waals surface area contributed by atoms with Crippen molar-refractivity contribution < 1.29 is 24.6 Å². The van der Waals surface area contributed by atoms with Crippen LogP contribution < -0.4 is 9.80 Å². The smallest absolute Gasteiger partial charge is 0.264 e. The van der Waals surface area contributed by atoms with Crippen LogP contribution in [0.25, 0.3) is 0 Å². The van der Waals surface area contributed by atoms with E-state index in [4.69, 9.17) is 11.6 Å². The fourth-order valence-corrected chi connectivity index (χ4v) is 6.75. The maximum atomic E-state index is 14.1. The van der Waals surface area contributed by atoms with Crippen LogP contribution in [0.15, 0.2) is 109 Å². The first-order chi connectivity index (χ1) is 23.2. The van der Waals surface area contributed by atoms with Crippen molar-refractivity contribution in [2.24, 2.45) is 5.92 Å². The summed E-state index contributed by atoms with van der Waals surface area (Å²) in [6.45, 7) is 2.35. The molecule has 3 amide bonds. The van der Waals surface area contributed by atoms with Crippen LogP contribution >= 0.6 is 11.6 Å². The molecule has 2 heterocycles. The molecule has 0 saturated heterocycles. The molecular weight excluding hydrogens is 626 g/mol. The molecule has 0 bridgehead atoms. The van der Waals surface area contributed by atoms with Gasteiger partial charge < -0.3 is 20.0 Å². The number of carbonyl (C=O) groups is 3. The van der Waals surface area contributed by atoms with Gasteiger partial charge in [0, 0.05) is 48.1 Å². The Hall–Kier alpha value is -4.76. The van der Waals surface area contributed by atoms with Gasteiger partial charge in [0.1, 0.15) is 0 Å². The van der Waals surface area contributed by atoms with E-state index in [0.717, 1.165) is 28.1 Å². The quantitative estimate of drug-likeness (QED) is 0.184. The van der Waals surface area contributed by atoms with E-state index in [2.05, 4.69) is 0 Å². The molecule has 0 spiro atoms. The summed E-state index contributed by atoms with van der Waals surface area (Å²) in [5.41, 5.74) is 3.60. The van der Waals surface area contributed by atoms with Crippen molar-refractivity contribution in [3.8, 4) is 0 Å². The molecule has 0 unspecified atom stereocenters. The van der Waals surface area contributed by atoms with Gasteiger partial charge in [-0.05, 0) is 59.5 Å². The lowest BCUT2D eigenvalue weighted by molar-refractivity contribution is -0.139. The van der Waals surface area contributed by atoms with E-state index in [1.54, 1.807) is 52.0 Å². The highest BCUT2D eigenvalue weighted by Crippen LogP contribution is 2.47. The van der Waals surface area contributed by atoms with Crippen LogP contribution in [0.3, 0.4) is 0 Å². The number of carbonyl (C=O) groups excluding carboxylic acids is 3. The molecule has 0 radical (unpaired) electrons. The van der Waals surface area contributed by atoms with Gasteiger partial charge in [0.2, 0.25) is 11.8 Å². The van der Waals surface area contributed by atoms with E-state index < -0.39 is 17.4 Å². The number of nitrogens with zero attached hydrogens (tertiary/aromatic N) is 3. The zero-order valence-corrected chi connectivity index (χ0v) is 27.5. The van der Waals surface area contributed by atoms with Crippen molar-refractivity contribution in [1.29, 1.82) is 0 Å². The third kappa shape index (κ3) is 6.52. The molecule has 2 N–H and O–H groups in total. The van der Waals surface area contributed by atoms with Crippen LogP contribution in [-0.2, 0) is 39.5 Å². The number of aryl methyl sites for hydroxylation is 1. The fourth-order valence-electron chi connectivity index (χ4n) is 6.58. The highest BCUT2D eigenvalue weighted by atomic mass is 35.5. The first kappa shape index (κ1) is 33.2. The summed E-state index contributed by atoms with van der Waals surface area (Å²) in [4.78, 5) is 44.9. The average molecular weight is 664 g/mol. The minimum absolute atomic E-state index is 0.0353. The summed E-state index contributed by atoms with van der Waals surface area (Å²) in [5, 5.41) is 22.0. The van der Waals surface area contributed by atoms with Crippen LogP contribution in [0.1, 0.15) is 42.0 Å². The minimum Gasteiger partial charge on any atom is -0.395 e. The van der Waals surface area contributed by atoms with Crippen LogP contribution in [0.2, 0.25) is 5.02 Å². The summed E-state index contributed by atoms with van der Waals surface area (Å²) >= 11 is 6.37. The van der Waals surface area contributed by atoms with Crippen LogP contribution in [0, 0.1) is 5.92 Å². The number of anilines is 3. The van der Waals surface area contributed by atoms with Gasteiger partial charge in [-0.15, -0.1) is 0 Å². The summed E-state index contributed by atoms with van der Waals surface area (Å²) in [5.74, 6) is -1.32. The number of para-hydroxylation sites is 1. The molecule has 246 valence electrons. The Bertz CT molecular complexity index is 1840. The lowest BCUT2D eigenvalue weighted by atomic mass is 9.83. The molecule has 4 aromatic carbocycles. The summed E-state index contributed by atoms with van der Waals surface area (Å²) in [7, 11) is 0. The van der Waals surface area contributed by atoms with Crippen LogP contribution in [-0.4, -0.2) is 46.0 Å². The number of amides is 3. The van der Waals surface area contributed by atoms with E-state index >= 15 is 0 Å². The van der Waals surface area contributed by atoms with Crippen molar-refractivity contribution >= 4 is 46.4 Å². The Morgan fingerprint density at radius 3 is 2.42 bits per heavy atom. The predicted molar refractivity (Wildman–Crippen MR) is 187 cm³/mol. The standard InChI is InChI=1S/C39H38ClN3O5/c1-27(8-7-13-36(45)41(22-23-44)25-28-9-3-2-4-10-28)39(48)33-24-31(40)17-20-35(33)42(38(39)47)26-29-14-18-32(19-15-29)43-34-12-6-5-11-30(34)16-21-37(43)46/h2-12,14-15,17-20,24,27,44,48H,13,16,21-23,25-26H2,1H3/b8-7+/t27-,39+/m0/s1. The molecule has 0 aliphatic carbocycles. The van der Waals surface area contributed by atoms with E-state index in [1.807, 2.05) is 78.9 Å². The van der Waals surface area contributed by atoms with Gasteiger partial charge in [0.15, 0.2) is 5.60 Å². The zero-order chi connectivity index (χ0) is 33.8. The van der Waals surface area contributed by atoms with Gasteiger partial charge in [-0.25, -0.2) is 0 Å². The number of hydrogen-bond donors (Lipinski definition) is 2. The topological polar surface area (TPSA) is 101 Å². The second kappa shape index (κ2) is 14.2. The van der Waals surface area contributed by atoms with Crippen molar-refractivity contribution in [3.05, 3.63) is 136 Å². The van der Waals surface area contributed by atoms with Gasteiger partial charge >= 0.3 is 0 Å². The van der Waals surface area contributed by atoms with Gasteiger partial charge in [-0.2, -0.15) is 0 Å². The van der Waals surface area contributed by atoms with E-state index in [-0.39, 0.29) is 37.9 Å². The largest absolute Gasteiger partial charge is 0.395 e. The molecule has 2 atom stereocenters. The number of halogens is 1. The highest BCUT2D eigenvalue weighted by molar-refractivity contribution is 6.31. The first-order valence-corrected chi connectivity index (χ1v) is 16.5. The van der Waals surface area contributed by atoms with Gasteiger partial charge in [-0.3, -0.25) is 19.3 Å². The Kier molecular flexibility index (Phi) is 9.78. The minimum atomic E-state index is -1.90. The Labute approximate surface area is 285 Å².